The predicted molar refractivity (Wildman–Crippen MR) is 127 cm³/mol. The largest absolute Gasteiger partial charge is 0.493 e. The number of thiophene rings is 1. The molecule has 0 spiro atoms. The molecule has 0 atom stereocenters. The summed E-state index contributed by atoms with van der Waals surface area (Å²) >= 11 is 7.36. The van der Waals surface area contributed by atoms with Gasteiger partial charge in [-0.25, -0.2) is 0 Å². The number of amides is 2. The van der Waals surface area contributed by atoms with Gasteiger partial charge in [0.05, 0.1) is 33.9 Å². The highest BCUT2D eigenvalue weighted by molar-refractivity contribution is 7.10. The second kappa shape index (κ2) is 13.3. The average Bonchev–Trinajstić information content (AvgIpc) is 3.22. The zero-order valence-electron chi connectivity index (χ0n) is 19.1. The summed E-state index contributed by atoms with van der Waals surface area (Å²) in [5.41, 5.74) is 2.17. The quantitative estimate of drug-likeness (QED) is 0.409. The molecule has 1 heterocycles. The molecular formula is C23H31ClN2O5S. The number of methoxy groups -OCH3 is 3. The van der Waals surface area contributed by atoms with Crippen molar-refractivity contribution in [1.82, 2.24) is 9.80 Å². The highest BCUT2D eigenvalue weighted by Crippen LogP contribution is 2.28. The molecule has 2 amide bonds. The summed E-state index contributed by atoms with van der Waals surface area (Å²) < 4.78 is 15.8. The zero-order valence-corrected chi connectivity index (χ0v) is 20.6. The van der Waals surface area contributed by atoms with Crippen molar-refractivity contribution in [2.45, 2.75) is 19.9 Å². The van der Waals surface area contributed by atoms with Crippen LogP contribution in [0.25, 0.3) is 0 Å². The average molecular weight is 483 g/mol. The van der Waals surface area contributed by atoms with E-state index in [1.165, 1.54) is 4.90 Å². The van der Waals surface area contributed by atoms with Gasteiger partial charge >= 0.3 is 0 Å². The Hall–Kier alpha value is -2.29. The lowest BCUT2D eigenvalue weighted by Crippen LogP contribution is -2.45. The van der Waals surface area contributed by atoms with Crippen LogP contribution in [0.2, 0.25) is 0 Å². The highest BCUT2D eigenvalue weighted by Gasteiger charge is 2.22. The predicted octanol–water partition coefficient (Wildman–Crippen LogP) is 3.36. The number of carbonyl (C=O) groups excluding carboxylic acids is 2. The molecule has 0 unspecified atom stereocenters. The van der Waals surface area contributed by atoms with E-state index in [1.54, 1.807) is 37.6 Å². The number of carbonyl (C=O) groups is 2. The summed E-state index contributed by atoms with van der Waals surface area (Å²) in [6.07, 6.45) is 0.637. The number of rotatable bonds is 13. The van der Waals surface area contributed by atoms with Crippen molar-refractivity contribution < 1.29 is 23.8 Å². The van der Waals surface area contributed by atoms with Crippen LogP contribution in [0.5, 0.6) is 11.5 Å². The Morgan fingerprint density at radius 1 is 1.00 bits per heavy atom. The summed E-state index contributed by atoms with van der Waals surface area (Å²) in [6, 6.07) is 7.77. The van der Waals surface area contributed by atoms with Crippen molar-refractivity contribution in [2.75, 3.05) is 53.5 Å². The first-order valence-corrected chi connectivity index (χ1v) is 11.7. The molecule has 7 nitrogen and oxygen atoms in total. The smallest absolute Gasteiger partial charge is 0.242 e. The molecule has 2 aromatic rings. The van der Waals surface area contributed by atoms with Gasteiger partial charge in [0.1, 0.15) is 5.88 Å². The van der Waals surface area contributed by atoms with Crippen LogP contribution in [-0.2, 0) is 27.3 Å². The van der Waals surface area contributed by atoms with E-state index in [0.29, 0.717) is 44.2 Å². The minimum atomic E-state index is -0.288. The van der Waals surface area contributed by atoms with Crippen LogP contribution in [-0.4, -0.2) is 75.1 Å². The molecule has 0 radical (unpaired) electrons. The van der Waals surface area contributed by atoms with Gasteiger partial charge in [-0.2, -0.15) is 0 Å². The molecular weight excluding hydrogens is 452 g/mol. The molecule has 0 aliphatic heterocycles. The van der Waals surface area contributed by atoms with E-state index in [4.69, 9.17) is 25.8 Å². The topological polar surface area (TPSA) is 68.3 Å². The number of hydrogen-bond donors (Lipinski definition) is 0. The van der Waals surface area contributed by atoms with Crippen LogP contribution < -0.4 is 9.47 Å². The molecule has 1 aromatic heterocycles. The van der Waals surface area contributed by atoms with Gasteiger partial charge in [-0.3, -0.25) is 9.59 Å². The molecule has 32 heavy (non-hydrogen) atoms. The summed E-state index contributed by atoms with van der Waals surface area (Å²) in [5.74, 6) is 0.714. The van der Waals surface area contributed by atoms with Crippen LogP contribution in [0.15, 0.2) is 29.6 Å². The Labute approximate surface area is 198 Å². The van der Waals surface area contributed by atoms with E-state index in [-0.39, 0.29) is 24.2 Å². The van der Waals surface area contributed by atoms with Gasteiger partial charge in [0.15, 0.2) is 11.5 Å². The Morgan fingerprint density at radius 3 is 2.34 bits per heavy atom. The number of alkyl halides is 1. The van der Waals surface area contributed by atoms with Gasteiger partial charge in [-0.15, -0.1) is 22.9 Å². The molecule has 176 valence electrons. The Kier molecular flexibility index (Phi) is 10.8. The normalized spacial score (nSPS) is 10.7. The van der Waals surface area contributed by atoms with Gasteiger partial charge in [0.25, 0.3) is 0 Å². The third-order valence-corrected chi connectivity index (χ3v) is 6.37. The fourth-order valence-electron chi connectivity index (χ4n) is 3.17. The molecule has 0 N–H and O–H groups in total. The third-order valence-electron chi connectivity index (χ3n) is 5.13. The maximum Gasteiger partial charge on any atom is 0.242 e. The Morgan fingerprint density at radius 2 is 1.75 bits per heavy atom. The number of hydrogen-bond acceptors (Lipinski definition) is 6. The van der Waals surface area contributed by atoms with Crippen LogP contribution in [0.1, 0.15) is 16.0 Å². The molecule has 0 saturated heterocycles. The second-order valence-corrected chi connectivity index (χ2v) is 8.49. The lowest BCUT2D eigenvalue weighted by molar-refractivity contribution is -0.140. The van der Waals surface area contributed by atoms with Gasteiger partial charge in [0.2, 0.25) is 11.8 Å². The molecule has 0 bridgehead atoms. The van der Waals surface area contributed by atoms with E-state index in [1.807, 2.05) is 36.6 Å². The van der Waals surface area contributed by atoms with Crippen molar-refractivity contribution in [3.63, 3.8) is 0 Å². The van der Waals surface area contributed by atoms with Crippen molar-refractivity contribution in [3.8, 4) is 11.5 Å². The molecule has 2 rings (SSSR count). The lowest BCUT2D eigenvalue weighted by atomic mass is 10.1. The standard InChI is InChI=1S/C23H31ClN2O5S/c1-17-8-12-32-21(17)15-25(23(28)16-26(10-11-29-2)22(27)14-24)9-7-18-5-6-19(30-3)20(13-18)31-4/h5-6,8,12-13H,7,9-11,14-16H2,1-4H3. The molecule has 0 aliphatic rings. The van der Waals surface area contributed by atoms with Gasteiger partial charge in [-0.05, 0) is 48.1 Å². The first-order chi connectivity index (χ1) is 15.4. The molecule has 0 saturated carbocycles. The van der Waals surface area contributed by atoms with Crippen molar-refractivity contribution in [3.05, 3.63) is 45.6 Å². The minimum Gasteiger partial charge on any atom is -0.493 e. The SMILES string of the molecule is COCCN(CC(=O)N(CCc1ccc(OC)c(OC)c1)Cc1sccc1C)C(=O)CCl. The van der Waals surface area contributed by atoms with Crippen LogP contribution in [0.3, 0.4) is 0 Å². The second-order valence-electron chi connectivity index (χ2n) is 7.22. The minimum absolute atomic E-state index is 0.0364. The third kappa shape index (κ3) is 7.39. The van der Waals surface area contributed by atoms with E-state index in [2.05, 4.69) is 0 Å². The van der Waals surface area contributed by atoms with Crippen molar-refractivity contribution >= 4 is 34.8 Å². The van der Waals surface area contributed by atoms with Crippen molar-refractivity contribution in [2.24, 2.45) is 0 Å². The first kappa shape index (κ1) is 26.0. The maximum absolute atomic E-state index is 13.2. The first-order valence-electron chi connectivity index (χ1n) is 10.3. The molecule has 0 aliphatic carbocycles. The number of halogens is 1. The number of ether oxygens (including phenoxy) is 3. The van der Waals surface area contributed by atoms with E-state index in [9.17, 15) is 9.59 Å². The zero-order chi connectivity index (χ0) is 23.5. The van der Waals surface area contributed by atoms with Gasteiger partial charge in [-0.1, -0.05) is 6.07 Å². The van der Waals surface area contributed by atoms with Gasteiger partial charge in [0, 0.05) is 25.1 Å². The lowest BCUT2D eigenvalue weighted by Gasteiger charge is -2.27. The maximum atomic E-state index is 13.2. The fourth-order valence-corrected chi connectivity index (χ4v) is 4.26. The molecule has 1 aromatic carbocycles. The Bertz CT molecular complexity index is 889. The molecule has 9 heteroatoms. The summed E-state index contributed by atoms with van der Waals surface area (Å²) in [7, 11) is 4.75. The summed E-state index contributed by atoms with van der Waals surface area (Å²) in [6.45, 7) is 3.64. The van der Waals surface area contributed by atoms with Gasteiger partial charge < -0.3 is 24.0 Å². The Balaban J connectivity index is 2.17. The summed E-state index contributed by atoms with van der Waals surface area (Å²) in [4.78, 5) is 29.8. The van der Waals surface area contributed by atoms with Crippen molar-refractivity contribution in [1.29, 1.82) is 0 Å². The van der Waals surface area contributed by atoms with E-state index < -0.39 is 0 Å². The van der Waals surface area contributed by atoms with E-state index in [0.717, 1.165) is 16.0 Å². The number of benzene rings is 1. The van der Waals surface area contributed by atoms with Crippen LogP contribution in [0.4, 0.5) is 0 Å². The number of aryl methyl sites for hydroxylation is 1. The monoisotopic (exact) mass is 482 g/mol. The van der Waals surface area contributed by atoms with Crippen LogP contribution in [0, 0.1) is 6.92 Å². The number of nitrogens with zero attached hydrogens (tertiary/aromatic N) is 2. The summed E-state index contributed by atoms with van der Waals surface area (Å²) in [5, 5.41) is 2.02. The van der Waals surface area contributed by atoms with Crippen LogP contribution >= 0.6 is 22.9 Å². The fraction of sp³-hybridized carbons (Fsp3) is 0.478. The van der Waals surface area contributed by atoms with E-state index >= 15 is 0 Å². The molecule has 0 fully saturated rings. The highest BCUT2D eigenvalue weighted by atomic mass is 35.5.